The first-order valence-corrected chi connectivity index (χ1v) is 12.2. The van der Waals surface area contributed by atoms with Crippen LogP contribution in [0.3, 0.4) is 0 Å². The lowest BCUT2D eigenvalue weighted by atomic mass is 9.89. The molecule has 0 radical (unpaired) electrons. The summed E-state index contributed by atoms with van der Waals surface area (Å²) in [6, 6.07) is 18.0. The minimum Gasteiger partial charge on any atom is -0.497 e. The summed E-state index contributed by atoms with van der Waals surface area (Å²) in [4.78, 5) is 15.3. The molecule has 0 spiro atoms. The van der Waals surface area contributed by atoms with E-state index in [0.717, 1.165) is 43.8 Å². The average Bonchev–Trinajstić information content (AvgIpc) is 3.48. The van der Waals surface area contributed by atoms with Crippen LogP contribution in [0.2, 0.25) is 0 Å². The van der Waals surface area contributed by atoms with Crippen LogP contribution >= 0.6 is 11.3 Å². The number of thiophene rings is 1. The molecule has 170 valence electrons. The number of fused-ring (bicyclic) bond motifs is 1. The second-order valence-corrected chi connectivity index (χ2v) is 9.72. The van der Waals surface area contributed by atoms with E-state index in [-0.39, 0.29) is 0 Å². The molecular weight excluding hydrogens is 432 g/mol. The Balaban J connectivity index is 1.36. The summed E-state index contributed by atoms with van der Waals surface area (Å²) >= 11 is 1.79. The molecule has 0 unspecified atom stereocenters. The number of methoxy groups -OCH3 is 1. The van der Waals surface area contributed by atoms with Gasteiger partial charge in [-0.2, -0.15) is 0 Å². The lowest BCUT2D eigenvalue weighted by Crippen LogP contribution is -2.33. The van der Waals surface area contributed by atoms with E-state index in [1.807, 2.05) is 18.2 Å². The Morgan fingerprint density at radius 3 is 2.64 bits per heavy atom. The maximum Gasteiger partial charge on any atom is 0.336 e. The van der Waals surface area contributed by atoms with E-state index in [9.17, 15) is 9.90 Å². The van der Waals surface area contributed by atoms with E-state index >= 15 is 0 Å². The minimum atomic E-state index is -0.854. The number of hydrogen-bond acceptors (Lipinski definition) is 4. The Kier molecular flexibility index (Phi) is 6.20. The summed E-state index contributed by atoms with van der Waals surface area (Å²) in [7, 11) is 1.72. The summed E-state index contributed by atoms with van der Waals surface area (Å²) < 4.78 is 7.90. The zero-order valence-electron chi connectivity index (χ0n) is 18.7. The van der Waals surface area contributed by atoms with E-state index in [0.29, 0.717) is 18.0 Å². The van der Waals surface area contributed by atoms with Crippen LogP contribution in [0.5, 0.6) is 5.75 Å². The van der Waals surface area contributed by atoms with Crippen LogP contribution in [0, 0.1) is 0 Å². The molecule has 0 bridgehead atoms. The SMILES string of the molecule is COc1ccc2c(c1)c(C1CCN(Cc3ccccc3C(=O)O)CC1)cn2Cc1cccs1. The lowest BCUT2D eigenvalue weighted by molar-refractivity contribution is 0.0694. The van der Waals surface area contributed by atoms with Crippen molar-refractivity contribution in [1.29, 1.82) is 0 Å². The molecule has 33 heavy (non-hydrogen) atoms. The Hall–Kier alpha value is -3.09. The van der Waals surface area contributed by atoms with Crippen molar-refractivity contribution in [3.05, 3.63) is 87.7 Å². The number of carboxylic acid groups (broad SMARTS) is 1. The van der Waals surface area contributed by atoms with E-state index in [1.165, 1.54) is 21.3 Å². The van der Waals surface area contributed by atoms with Crippen molar-refractivity contribution in [3.8, 4) is 5.75 Å². The van der Waals surface area contributed by atoms with E-state index < -0.39 is 5.97 Å². The van der Waals surface area contributed by atoms with E-state index in [4.69, 9.17) is 4.74 Å². The van der Waals surface area contributed by atoms with Crippen LogP contribution in [0.15, 0.2) is 66.2 Å². The van der Waals surface area contributed by atoms with Crippen molar-refractivity contribution in [2.75, 3.05) is 20.2 Å². The predicted molar refractivity (Wildman–Crippen MR) is 133 cm³/mol. The Morgan fingerprint density at radius 1 is 1.09 bits per heavy atom. The molecule has 6 heteroatoms. The third-order valence-corrected chi connectivity index (χ3v) is 7.56. The molecule has 5 rings (SSSR count). The molecule has 1 N–H and O–H groups in total. The number of aromatic nitrogens is 1. The number of aromatic carboxylic acids is 1. The molecule has 0 saturated carbocycles. The van der Waals surface area contributed by atoms with Crippen LogP contribution in [-0.4, -0.2) is 40.7 Å². The standard InChI is InChI=1S/C27H28N2O3S/c1-32-21-8-9-26-24(15-21)25(18-29(26)17-22-6-4-14-33-22)19-10-12-28(13-11-19)16-20-5-2-3-7-23(20)27(30)31/h2-9,14-15,18-19H,10-13,16-17H2,1H3,(H,30,31). The average molecular weight is 461 g/mol. The summed E-state index contributed by atoms with van der Waals surface area (Å²) in [5.74, 6) is 0.517. The third kappa shape index (κ3) is 4.54. The molecule has 0 aliphatic carbocycles. The van der Waals surface area contributed by atoms with Gasteiger partial charge in [0, 0.05) is 28.5 Å². The highest BCUT2D eigenvalue weighted by Crippen LogP contribution is 2.37. The van der Waals surface area contributed by atoms with Crippen molar-refractivity contribution < 1.29 is 14.6 Å². The predicted octanol–water partition coefficient (Wildman–Crippen LogP) is 5.84. The quantitative estimate of drug-likeness (QED) is 0.377. The van der Waals surface area contributed by atoms with Gasteiger partial charge in [0.25, 0.3) is 0 Å². The molecule has 5 nitrogen and oxygen atoms in total. The molecule has 1 fully saturated rings. The monoisotopic (exact) mass is 460 g/mol. The fourth-order valence-electron chi connectivity index (χ4n) is 4.97. The van der Waals surface area contributed by atoms with Crippen LogP contribution in [0.25, 0.3) is 10.9 Å². The summed E-state index contributed by atoms with van der Waals surface area (Å²) in [6.07, 6.45) is 4.46. The third-order valence-electron chi connectivity index (χ3n) is 6.69. The molecule has 0 amide bonds. The number of hydrogen-bond donors (Lipinski definition) is 1. The zero-order chi connectivity index (χ0) is 22.8. The van der Waals surface area contributed by atoms with Gasteiger partial charge in [0.1, 0.15) is 5.75 Å². The number of piperidine rings is 1. The molecule has 4 aromatic rings. The second-order valence-electron chi connectivity index (χ2n) is 8.69. The number of nitrogens with zero attached hydrogens (tertiary/aromatic N) is 2. The van der Waals surface area contributed by atoms with Crippen LogP contribution in [-0.2, 0) is 13.1 Å². The summed E-state index contributed by atoms with van der Waals surface area (Å²) in [5, 5.41) is 12.9. The van der Waals surface area contributed by atoms with Gasteiger partial charge in [-0.05, 0) is 78.7 Å². The first-order chi connectivity index (χ1) is 16.1. The van der Waals surface area contributed by atoms with Crippen molar-refractivity contribution in [1.82, 2.24) is 9.47 Å². The van der Waals surface area contributed by atoms with Crippen molar-refractivity contribution >= 4 is 28.2 Å². The van der Waals surface area contributed by atoms with E-state index in [2.05, 4.69) is 45.3 Å². The first-order valence-electron chi connectivity index (χ1n) is 11.3. The van der Waals surface area contributed by atoms with E-state index in [1.54, 1.807) is 30.6 Å². The second kappa shape index (κ2) is 9.41. The van der Waals surface area contributed by atoms with Gasteiger partial charge in [-0.1, -0.05) is 24.3 Å². The van der Waals surface area contributed by atoms with Crippen molar-refractivity contribution in [3.63, 3.8) is 0 Å². The molecule has 2 aromatic carbocycles. The summed E-state index contributed by atoms with van der Waals surface area (Å²) in [6.45, 7) is 3.48. The van der Waals surface area contributed by atoms with Gasteiger partial charge in [-0.3, -0.25) is 4.90 Å². The van der Waals surface area contributed by atoms with Gasteiger partial charge in [0.2, 0.25) is 0 Å². The molecule has 2 aromatic heterocycles. The minimum absolute atomic E-state index is 0.406. The molecule has 3 heterocycles. The van der Waals surface area contributed by atoms with Crippen LogP contribution in [0.1, 0.15) is 45.1 Å². The highest BCUT2D eigenvalue weighted by atomic mass is 32.1. The van der Waals surface area contributed by atoms with Crippen LogP contribution < -0.4 is 4.74 Å². The maximum absolute atomic E-state index is 11.6. The number of likely N-dealkylation sites (tertiary alicyclic amines) is 1. The van der Waals surface area contributed by atoms with Gasteiger partial charge >= 0.3 is 5.97 Å². The lowest BCUT2D eigenvalue weighted by Gasteiger charge is -2.32. The van der Waals surface area contributed by atoms with Crippen LogP contribution in [0.4, 0.5) is 0 Å². The van der Waals surface area contributed by atoms with Crippen molar-refractivity contribution in [2.24, 2.45) is 0 Å². The van der Waals surface area contributed by atoms with Crippen molar-refractivity contribution in [2.45, 2.75) is 31.8 Å². The van der Waals surface area contributed by atoms with Gasteiger partial charge < -0.3 is 14.4 Å². The molecular formula is C27H28N2O3S. The first kappa shape index (κ1) is 21.7. The number of carboxylic acids is 1. The zero-order valence-corrected chi connectivity index (χ0v) is 19.6. The number of rotatable bonds is 7. The largest absolute Gasteiger partial charge is 0.497 e. The Labute approximate surface area is 197 Å². The molecule has 1 aliphatic rings. The van der Waals surface area contributed by atoms with Gasteiger partial charge in [-0.15, -0.1) is 11.3 Å². The fourth-order valence-corrected chi connectivity index (χ4v) is 5.67. The highest BCUT2D eigenvalue weighted by Gasteiger charge is 2.25. The molecule has 0 atom stereocenters. The van der Waals surface area contributed by atoms with Gasteiger partial charge in [-0.25, -0.2) is 4.79 Å². The Morgan fingerprint density at radius 2 is 1.91 bits per heavy atom. The highest BCUT2D eigenvalue weighted by molar-refractivity contribution is 7.09. The van der Waals surface area contributed by atoms with Gasteiger partial charge in [0.15, 0.2) is 0 Å². The fraction of sp³-hybridized carbons (Fsp3) is 0.296. The maximum atomic E-state index is 11.6. The topological polar surface area (TPSA) is 54.7 Å². The smallest absolute Gasteiger partial charge is 0.336 e. The molecule has 1 saturated heterocycles. The number of benzene rings is 2. The Bertz CT molecular complexity index is 1250. The van der Waals surface area contributed by atoms with Gasteiger partial charge in [0.05, 0.1) is 19.2 Å². The number of carbonyl (C=O) groups is 1. The molecule has 1 aliphatic heterocycles. The number of ether oxygens (including phenoxy) is 1. The normalized spacial score (nSPS) is 15.2. The summed E-state index contributed by atoms with van der Waals surface area (Å²) in [5.41, 5.74) is 3.94.